The Morgan fingerprint density at radius 3 is 2.30 bits per heavy atom. The molecular formula is C47H47IrN3SSi-2. The molecule has 0 fully saturated rings. The van der Waals surface area contributed by atoms with Crippen molar-refractivity contribution in [3.63, 3.8) is 0 Å². The number of rotatable bonds is 8. The summed E-state index contributed by atoms with van der Waals surface area (Å²) in [6.07, 6.45) is 1.86. The predicted octanol–water partition coefficient (Wildman–Crippen LogP) is 12.3. The van der Waals surface area contributed by atoms with E-state index in [1.807, 2.05) is 68.4 Å². The second kappa shape index (κ2) is 16.4. The van der Waals surface area contributed by atoms with E-state index in [0.717, 1.165) is 55.9 Å². The maximum absolute atomic E-state index is 8.50. The number of pyridine rings is 1. The molecular weight excluding hydrogens is 859 g/mol. The van der Waals surface area contributed by atoms with E-state index in [1.54, 1.807) is 0 Å². The number of nitrogens with zero attached hydrogens (tertiary/aromatic N) is 3. The fourth-order valence-corrected chi connectivity index (χ4v) is 9.28. The van der Waals surface area contributed by atoms with Gasteiger partial charge in [-0.25, -0.2) is 0 Å². The quantitative estimate of drug-likeness (QED) is 0.112. The normalized spacial score (nSPS) is 12.5. The van der Waals surface area contributed by atoms with E-state index in [9.17, 15) is 0 Å². The summed E-state index contributed by atoms with van der Waals surface area (Å²) in [5.74, 6) is 1.41. The van der Waals surface area contributed by atoms with Crippen LogP contribution in [0.3, 0.4) is 0 Å². The van der Waals surface area contributed by atoms with Crippen molar-refractivity contribution in [2.45, 2.75) is 60.1 Å². The van der Waals surface area contributed by atoms with Gasteiger partial charge in [-0.15, -0.1) is 47.3 Å². The third-order valence-electron chi connectivity index (χ3n) is 9.16. The van der Waals surface area contributed by atoms with Crippen molar-refractivity contribution < 1.29 is 22.8 Å². The van der Waals surface area contributed by atoms with Gasteiger partial charge >= 0.3 is 0 Å². The van der Waals surface area contributed by atoms with Gasteiger partial charge in [0.2, 0.25) is 0 Å². The number of benzene rings is 5. The molecule has 1 radical (unpaired) electrons. The zero-order valence-corrected chi connectivity index (χ0v) is 35.7. The zero-order chi connectivity index (χ0) is 38.2. The van der Waals surface area contributed by atoms with Crippen molar-refractivity contribution in [1.29, 1.82) is 0 Å². The second-order valence-corrected chi connectivity index (χ2v) is 21.1. The molecule has 6 heteroatoms. The molecule has 0 bridgehead atoms. The largest absolute Gasteiger partial charge is 0.333 e. The van der Waals surface area contributed by atoms with Crippen molar-refractivity contribution in [2.24, 2.45) is 11.8 Å². The van der Waals surface area contributed by atoms with Crippen LogP contribution >= 0.6 is 11.3 Å². The van der Waals surface area contributed by atoms with Gasteiger partial charge in [0.05, 0.1) is 24.9 Å². The van der Waals surface area contributed by atoms with Crippen LogP contribution in [0.1, 0.15) is 41.6 Å². The average molecular weight is 908 g/mol. The van der Waals surface area contributed by atoms with E-state index < -0.39 is 14.4 Å². The minimum Gasteiger partial charge on any atom is -0.333 e. The third kappa shape index (κ3) is 8.63. The Morgan fingerprint density at radius 2 is 1.57 bits per heavy atom. The Labute approximate surface area is 336 Å². The van der Waals surface area contributed by atoms with Gasteiger partial charge in [-0.3, -0.25) is 16.3 Å². The number of para-hydroxylation sites is 2. The van der Waals surface area contributed by atoms with Gasteiger partial charge in [0.15, 0.2) is 0 Å². The van der Waals surface area contributed by atoms with Crippen LogP contribution in [0, 0.1) is 23.3 Å². The summed E-state index contributed by atoms with van der Waals surface area (Å²) >= 11 is 1.52. The van der Waals surface area contributed by atoms with Gasteiger partial charge in [0.25, 0.3) is 0 Å². The molecule has 0 spiro atoms. The van der Waals surface area contributed by atoms with E-state index in [1.165, 1.54) is 32.9 Å². The first-order valence-corrected chi connectivity index (χ1v) is 22.5. The van der Waals surface area contributed by atoms with E-state index in [-0.39, 0.29) is 26.0 Å². The van der Waals surface area contributed by atoms with Crippen LogP contribution in [-0.2, 0) is 32.9 Å². The van der Waals surface area contributed by atoms with Crippen molar-refractivity contribution in [1.82, 2.24) is 14.5 Å². The molecule has 0 unspecified atom stereocenters. The summed E-state index contributed by atoms with van der Waals surface area (Å²) < 4.78 is 20.2. The molecule has 0 aliphatic rings. The SMILES string of the molecule is CC(C)Cc1cc(-c2[c-]cccc2)ncc1[Si](C)(C)C.[2H]C([2H])(c1ccc2c(-c3nc4ccccc4n3-c3ccc4ccccc4c3)[c-]sc2c1)C(C)C.[Ir]. The number of hydrogen-bond acceptors (Lipinski definition) is 3. The Hall–Kier alpha value is -4.19. The number of fused-ring (bicyclic) bond motifs is 3. The van der Waals surface area contributed by atoms with E-state index in [2.05, 4.69) is 121 Å². The Bertz CT molecular complexity index is 2570. The molecule has 8 rings (SSSR count). The van der Waals surface area contributed by atoms with Gasteiger partial charge in [-0.05, 0) is 70.5 Å². The van der Waals surface area contributed by atoms with Crippen molar-refractivity contribution in [3.8, 4) is 28.3 Å². The van der Waals surface area contributed by atoms with E-state index >= 15 is 0 Å². The molecule has 3 nitrogen and oxygen atoms in total. The standard InChI is InChI=1S/C29H23N2S.C18H24NSi.Ir/c1-19(2)15-20-11-14-24-25(18-32-28(24)16-20)29-30-26-9-5-6-10-27(26)31(29)23-13-12-21-7-3-4-8-22(21)17-23;1-14(2)11-16-12-17(15-9-7-6-8-10-15)19-13-18(16)20(3,4)5;/h3-14,16-17,19H,15H2,1-2H3;6-9,12-14H,11H2,1-5H3;/q2*-1;/i15D2;;. The summed E-state index contributed by atoms with van der Waals surface area (Å²) in [6.45, 7) is 15.6. The molecule has 0 amide bonds. The van der Waals surface area contributed by atoms with Crippen LogP contribution in [0.2, 0.25) is 19.6 Å². The molecule has 0 atom stereocenters. The molecule has 0 aliphatic heterocycles. The van der Waals surface area contributed by atoms with Crippen molar-refractivity contribution >= 4 is 56.5 Å². The van der Waals surface area contributed by atoms with Crippen molar-refractivity contribution in [3.05, 3.63) is 144 Å². The molecule has 0 aliphatic carbocycles. The molecule has 8 aromatic rings. The first-order valence-electron chi connectivity index (χ1n) is 19.2. The third-order valence-corrected chi connectivity index (χ3v) is 12.1. The molecule has 53 heavy (non-hydrogen) atoms. The van der Waals surface area contributed by atoms with Crippen LogP contribution in [-0.4, -0.2) is 22.6 Å². The topological polar surface area (TPSA) is 30.7 Å². The molecule has 3 heterocycles. The fourth-order valence-electron chi connectivity index (χ4n) is 6.82. The maximum atomic E-state index is 8.50. The number of hydrogen-bond donors (Lipinski definition) is 0. The predicted molar refractivity (Wildman–Crippen MR) is 227 cm³/mol. The van der Waals surface area contributed by atoms with Crippen LogP contribution in [0.15, 0.2) is 121 Å². The van der Waals surface area contributed by atoms with Crippen LogP contribution in [0.5, 0.6) is 0 Å². The smallest absolute Gasteiger partial charge is 0.0798 e. The first-order chi connectivity index (χ1) is 25.8. The maximum Gasteiger partial charge on any atom is 0.0798 e. The first kappa shape index (κ1) is 35.8. The summed E-state index contributed by atoms with van der Waals surface area (Å²) in [4.78, 5) is 9.71. The van der Waals surface area contributed by atoms with E-state index in [4.69, 9.17) is 7.73 Å². The number of aromatic nitrogens is 3. The summed E-state index contributed by atoms with van der Waals surface area (Å²) in [5, 5.41) is 8.41. The Morgan fingerprint density at radius 1 is 0.811 bits per heavy atom. The molecule has 0 saturated carbocycles. The van der Waals surface area contributed by atoms with Crippen LogP contribution in [0.25, 0.3) is 60.2 Å². The van der Waals surface area contributed by atoms with E-state index in [0.29, 0.717) is 11.5 Å². The second-order valence-electron chi connectivity index (χ2n) is 15.2. The van der Waals surface area contributed by atoms with Crippen LogP contribution < -0.4 is 5.19 Å². The van der Waals surface area contributed by atoms with Crippen LogP contribution in [0.4, 0.5) is 0 Å². The molecule has 0 saturated heterocycles. The average Bonchev–Trinajstić information content (AvgIpc) is 3.76. The summed E-state index contributed by atoms with van der Waals surface area (Å²) in [5.41, 5.74) is 8.30. The summed E-state index contributed by atoms with van der Waals surface area (Å²) in [6, 6.07) is 42.6. The Balaban J connectivity index is 0.000000211. The molecule has 3 aromatic heterocycles. The molecule has 271 valence electrons. The van der Waals surface area contributed by atoms with Gasteiger partial charge < -0.3 is 9.55 Å². The number of imidazole rings is 1. The molecule has 5 aromatic carbocycles. The van der Waals surface area contributed by atoms with Gasteiger partial charge in [-0.2, -0.15) is 0 Å². The zero-order valence-electron chi connectivity index (χ0n) is 33.5. The summed E-state index contributed by atoms with van der Waals surface area (Å²) in [7, 11) is -1.34. The monoisotopic (exact) mass is 908 g/mol. The van der Waals surface area contributed by atoms with Crippen molar-refractivity contribution in [2.75, 3.05) is 0 Å². The minimum absolute atomic E-state index is 0. The van der Waals surface area contributed by atoms with Gasteiger partial charge in [0, 0.05) is 34.7 Å². The molecule has 0 N–H and O–H groups in total. The van der Waals surface area contributed by atoms with Gasteiger partial charge in [-0.1, -0.05) is 135 Å². The number of thiophene rings is 1. The fraction of sp³-hybridized carbons (Fsp3) is 0.234. The Kier molecular flexibility index (Phi) is 11.1. The minimum atomic E-state index is -1.38. The van der Waals surface area contributed by atoms with Gasteiger partial charge in [0.1, 0.15) is 0 Å².